The molecule has 1 atom stereocenters. The van der Waals surface area contributed by atoms with Crippen LogP contribution in [-0.4, -0.2) is 11.1 Å². The van der Waals surface area contributed by atoms with Gasteiger partial charge in [-0.1, -0.05) is 48.9 Å². The molecule has 2 heteroatoms. The molecular formula is C16H18O2. The molecule has 1 unspecified atom stereocenters. The van der Waals surface area contributed by atoms with Gasteiger partial charge in [0.2, 0.25) is 0 Å². The van der Waals surface area contributed by atoms with E-state index < -0.39 is 5.97 Å². The average Bonchev–Trinajstić information content (AvgIpc) is 2.28. The number of aryl methyl sites for hydroxylation is 1. The third-order valence-electron chi connectivity index (χ3n) is 3.17. The molecule has 0 radical (unpaired) electrons. The maximum atomic E-state index is 10.6. The molecule has 0 heterocycles. The van der Waals surface area contributed by atoms with Crippen molar-refractivity contribution in [3.8, 4) is 0 Å². The lowest BCUT2D eigenvalue weighted by Crippen LogP contribution is -2.06. The predicted octanol–water partition coefficient (Wildman–Crippen LogP) is 3.80. The van der Waals surface area contributed by atoms with E-state index in [0.29, 0.717) is 0 Å². The Morgan fingerprint density at radius 2 is 1.83 bits per heavy atom. The highest BCUT2D eigenvalue weighted by atomic mass is 16.4. The molecule has 2 aromatic carbocycles. The molecule has 94 valence electrons. The minimum absolute atomic E-state index is 0.172. The van der Waals surface area contributed by atoms with Gasteiger partial charge in [0.05, 0.1) is 0 Å². The van der Waals surface area contributed by atoms with Crippen LogP contribution in [0.15, 0.2) is 36.4 Å². The summed E-state index contributed by atoms with van der Waals surface area (Å²) in [4.78, 5) is 10.6. The van der Waals surface area contributed by atoms with Gasteiger partial charge in [-0.25, -0.2) is 0 Å². The summed E-state index contributed by atoms with van der Waals surface area (Å²) in [6, 6.07) is 12.8. The van der Waals surface area contributed by atoms with Crippen molar-refractivity contribution in [1.29, 1.82) is 0 Å². The van der Waals surface area contributed by atoms with Gasteiger partial charge in [-0.2, -0.15) is 0 Å². The number of carboxylic acid groups (broad SMARTS) is 1. The number of rotatable bonds is 4. The van der Waals surface area contributed by atoms with Crippen molar-refractivity contribution < 1.29 is 9.90 Å². The van der Waals surface area contributed by atoms with Crippen LogP contribution in [0, 0.1) is 12.8 Å². The molecule has 0 aliphatic carbocycles. The molecular weight excluding hydrogens is 224 g/mol. The fourth-order valence-electron chi connectivity index (χ4n) is 2.31. The molecule has 0 aliphatic heterocycles. The van der Waals surface area contributed by atoms with E-state index in [1.807, 2.05) is 6.92 Å². The van der Waals surface area contributed by atoms with Crippen molar-refractivity contribution in [3.63, 3.8) is 0 Å². The molecule has 0 saturated heterocycles. The number of hydrogen-bond donors (Lipinski definition) is 1. The Morgan fingerprint density at radius 3 is 2.56 bits per heavy atom. The molecule has 2 rings (SSSR count). The number of hydrogen-bond acceptors (Lipinski definition) is 1. The van der Waals surface area contributed by atoms with E-state index in [4.69, 9.17) is 5.11 Å². The van der Waals surface area contributed by atoms with Gasteiger partial charge in [0.25, 0.3) is 0 Å². The maximum Gasteiger partial charge on any atom is 0.303 e. The van der Waals surface area contributed by atoms with Crippen LogP contribution in [0.3, 0.4) is 0 Å². The molecule has 0 fully saturated rings. The molecule has 0 amide bonds. The summed E-state index contributed by atoms with van der Waals surface area (Å²) in [6.45, 7) is 4.07. The molecule has 2 nitrogen and oxygen atoms in total. The number of aliphatic carboxylic acids is 1. The summed E-state index contributed by atoms with van der Waals surface area (Å²) in [5, 5.41) is 11.2. The molecule has 1 N–H and O–H groups in total. The second-order valence-electron chi connectivity index (χ2n) is 5.09. The van der Waals surface area contributed by atoms with E-state index in [1.165, 1.54) is 21.9 Å². The molecule has 0 saturated carbocycles. The normalized spacial score (nSPS) is 12.6. The number of carbonyl (C=O) groups is 1. The minimum Gasteiger partial charge on any atom is -0.481 e. The largest absolute Gasteiger partial charge is 0.481 e. The Balaban J connectivity index is 2.20. The zero-order valence-corrected chi connectivity index (χ0v) is 10.8. The molecule has 0 spiro atoms. The summed E-state index contributed by atoms with van der Waals surface area (Å²) in [5.41, 5.74) is 2.47. The lowest BCUT2D eigenvalue weighted by molar-refractivity contribution is -0.137. The van der Waals surface area contributed by atoms with Gasteiger partial charge < -0.3 is 5.11 Å². The molecule has 0 bridgehead atoms. The highest BCUT2D eigenvalue weighted by Crippen LogP contribution is 2.20. The first-order chi connectivity index (χ1) is 8.54. The van der Waals surface area contributed by atoms with Crippen LogP contribution in [0.25, 0.3) is 10.8 Å². The predicted molar refractivity (Wildman–Crippen MR) is 73.8 cm³/mol. The van der Waals surface area contributed by atoms with E-state index in [0.717, 1.165) is 6.42 Å². The fourth-order valence-corrected chi connectivity index (χ4v) is 2.31. The van der Waals surface area contributed by atoms with Crippen LogP contribution in [0.2, 0.25) is 0 Å². The van der Waals surface area contributed by atoms with Gasteiger partial charge in [-0.15, -0.1) is 0 Å². The zero-order valence-electron chi connectivity index (χ0n) is 10.8. The van der Waals surface area contributed by atoms with Crippen LogP contribution in [0.5, 0.6) is 0 Å². The van der Waals surface area contributed by atoms with Crippen molar-refractivity contribution >= 4 is 16.7 Å². The van der Waals surface area contributed by atoms with Gasteiger partial charge in [-0.3, -0.25) is 4.79 Å². The zero-order chi connectivity index (χ0) is 13.1. The second kappa shape index (κ2) is 5.21. The van der Waals surface area contributed by atoms with Crippen molar-refractivity contribution in [2.75, 3.05) is 0 Å². The number of carboxylic acids is 1. The summed E-state index contributed by atoms with van der Waals surface area (Å²) >= 11 is 0. The third kappa shape index (κ3) is 3.10. The number of benzene rings is 2. The highest BCUT2D eigenvalue weighted by molar-refractivity contribution is 5.83. The van der Waals surface area contributed by atoms with Gasteiger partial charge in [-0.05, 0) is 35.6 Å². The molecule has 18 heavy (non-hydrogen) atoms. The van der Waals surface area contributed by atoms with Crippen LogP contribution >= 0.6 is 0 Å². The smallest absolute Gasteiger partial charge is 0.303 e. The Kier molecular flexibility index (Phi) is 3.66. The molecule has 2 aromatic rings. The minimum atomic E-state index is -0.723. The summed E-state index contributed by atoms with van der Waals surface area (Å²) < 4.78 is 0. The fraction of sp³-hybridized carbons (Fsp3) is 0.312. The summed E-state index contributed by atoms with van der Waals surface area (Å²) in [6.07, 6.45) is 1.04. The SMILES string of the molecule is Cc1ccc2cc(CC(C)CC(=O)O)ccc2c1. The van der Waals surface area contributed by atoms with E-state index in [9.17, 15) is 4.79 Å². The number of fused-ring (bicyclic) bond motifs is 1. The Labute approximate surface area is 107 Å². The Morgan fingerprint density at radius 1 is 1.17 bits per heavy atom. The topological polar surface area (TPSA) is 37.3 Å². The Bertz CT molecular complexity index is 572. The van der Waals surface area contributed by atoms with E-state index in [-0.39, 0.29) is 12.3 Å². The van der Waals surface area contributed by atoms with Crippen LogP contribution in [0.1, 0.15) is 24.5 Å². The van der Waals surface area contributed by atoms with Gasteiger partial charge >= 0.3 is 5.97 Å². The van der Waals surface area contributed by atoms with Crippen LogP contribution in [0.4, 0.5) is 0 Å². The van der Waals surface area contributed by atoms with Crippen molar-refractivity contribution in [2.45, 2.75) is 26.7 Å². The van der Waals surface area contributed by atoms with Gasteiger partial charge in [0.1, 0.15) is 0 Å². The maximum absolute atomic E-state index is 10.6. The lowest BCUT2D eigenvalue weighted by Gasteiger charge is -2.09. The van der Waals surface area contributed by atoms with Crippen LogP contribution in [-0.2, 0) is 11.2 Å². The standard InChI is InChI=1S/C16H18O2/c1-11-3-5-15-10-13(4-6-14(15)8-11)7-12(2)9-16(17)18/h3-6,8,10,12H,7,9H2,1-2H3,(H,17,18). The first kappa shape index (κ1) is 12.6. The quantitative estimate of drug-likeness (QED) is 0.885. The van der Waals surface area contributed by atoms with E-state index in [2.05, 4.69) is 43.3 Å². The Hall–Kier alpha value is -1.83. The summed E-state index contributed by atoms with van der Waals surface area (Å²) in [5.74, 6) is -0.552. The first-order valence-corrected chi connectivity index (χ1v) is 6.25. The second-order valence-corrected chi connectivity index (χ2v) is 5.09. The van der Waals surface area contributed by atoms with Crippen molar-refractivity contribution in [3.05, 3.63) is 47.5 Å². The van der Waals surface area contributed by atoms with Crippen molar-refractivity contribution in [1.82, 2.24) is 0 Å². The first-order valence-electron chi connectivity index (χ1n) is 6.25. The summed E-state index contributed by atoms with van der Waals surface area (Å²) in [7, 11) is 0. The van der Waals surface area contributed by atoms with Crippen LogP contribution < -0.4 is 0 Å². The molecule has 0 aromatic heterocycles. The van der Waals surface area contributed by atoms with Crippen molar-refractivity contribution in [2.24, 2.45) is 5.92 Å². The van der Waals surface area contributed by atoms with E-state index >= 15 is 0 Å². The highest BCUT2D eigenvalue weighted by Gasteiger charge is 2.08. The lowest BCUT2D eigenvalue weighted by atomic mass is 9.96. The van der Waals surface area contributed by atoms with Gasteiger partial charge in [0.15, 0.2) is 0 Å². The third-order valence-corrected chi connectivity index (χ3v) is 3.17. The van der Waals surface area contributed by atoms with Gasteiger partial charge in [0, 0.05) is 6.42 Å². The average molecular weight is 242 g/mol. The van der Waals surface area contributed by atoms with E-state index in [1.54, 1.807) is 0 Å². The molecule has 0 aliphatic rings. The monoisotopic (exact) mass is 242 g/mol.